The van der Waals surface area contributed by atoms with Crippen molar-refractivity contribution in [3.63, 3.8) is 0 Å². The molecule has 1 aliphatic heterocycles. The number of amides is 1. The van der Waals surface area contributed by atoms with Crippen LogP contribution < -0.4 is 4.90 Å². The average molecular weight is 391 g/mol. The van der Waals surface area contributed by atoms with Gasteiger partial charge in [0.25, 0.3) is 11.7 Å². The topological polar surface area (TPSA) is 63.7 Å². The Kier molecular flexibility index (Phi) is 4.05. The first kappa shape index (κ1) is 14.2. The Morgan fingerprint density at radius 2 is 2.00 bits per heavy atom. The fraction of sp³-hybridized carbons (Fsp3) is 0.250. The van der Waals surface area contributed by atoms with E-state index in [1.807, 2.05) is 0 Å². The number of anilines is 1. The van der Waals surface area contributed by atoms with Crippen molar-refractivity contribution in [3.8, 4) is 0 Å². The van der Waals surface area contributed by atoms with Crippen LogP contribution in [0.3, 0.4) is 0 Å². The van der Waals surface area contributed by atoms with Crippen molar-refractivity contribution < 1.29 is 19.1 Å². The van der Waals surface area contributed by atoms with Crippen LogP contribution in [0, 0.1) is 0 Å². The fourth-order valence-electron chi connectivity index (χ4n) is 1.84. The van der Waals surface area contributed by atoms with Gasteiger partial charge in [-0.15, -0.1) is 0 Å². The third kappa shape index (κ3) is 2.57. The van der Waals surface area contributed by atoms with Gasteiger partial charge < -0.3 is 4.74 Å². The largest absolute Gasteiger partial charge is 0.465 e. The van der Waals surface area contributed by atoms with Crippen LogP contribution in [0.15, 0.2) is 21.1 Å². The van der Waals surface area contributed by atoms with E-state index in [1.54, 1.807) is 19.1 Å². The van der Waals surface area contributed by atoms with Gasteiger partial charge in [-0.2, -0.15) is 0 Å². The molecule has 1 aromatic carbocycles. The SMILES string of the molecule is CCOC(=O)CN1C(=O)C(=O)c2cc(Br)cc(Br)c21. The normalized spacial score (nSPS) is 13.7. The highest BCUT2D eigenvalue weighted by Crippen LogP contribution is 2.38. The lowest BCUT2D eigenvalue weighted by molar-refractivity contribution is -0.142. The molecule has 2 rings (SSSR count). The van der Waals surface area contributed by atoms with Gasteiger partial charge in [0.1, 0.15) is 6.54 Å². The molecule has 5 nitrogen and oxygen atoms in total. The molecule has 0 N–H and O–H groups in total. The number of nitrogens with zero attached hydrogens (tertiary/aromatic N) is 1. The van der Waals surface area contributed by atoms with Crippen LogP contribution in [0.5, 0.6) is 0 Å². The summed E-state index contributed by atoms with van der Waals surface area (Å²) in [4.78, 5) is 36.4. The Hall–Kier alpha value is -1.21. The summed E-state index contributed by atoms with van der Waals surface area (Å²) >= 11 is 6.55. The number of hydrogen-bond donors (Lipinski definition) is 0. The quantitative estimate of drug-likeness (QED) is 0.586. The van der Waals surface area contributed by atoms with Crippen LogP contribution in [-0.4, -0.2) is 30.8 Å². The van der Waals surface area contributed by atoms with E-state index in [4.69, 9.17) is 4.74 Å². The van der Waals surface area contributed by atoms with E-state index in [9.17, 15) is 14.4 Å². The van der Waals surface area contributed by atoms with E-state index >= 15 is 0 Å². The van der Waals surface area contributed by atoms with Gasteiger partial charge in [0.15, 0.2) is 0 Å². The molecule has 0 saturated heterocycles. The Labute approximate surface area is 126 Å². The van der Waals surface area contributed by atoms with Gasteiger partial charge in [-0.1, -0.05) is 15.9 Å². The van der Waals surface area contributed by atoms with Crippen molar-refractivity contribution in [2.45, 2.75) is 6.92 Å². The van der Waals surface area contributed by atoms with Crippen LogP contribution in [0.2, 0.25) is 0 Å². The number of Topliss-reactive ketones (excluding diaryl/α,β-unsaturated/α-hetero) is 1. The van der Waals surface area contributed by atoms with Gasteiger partial charge in [-0.3, -0.25) is 19.3 Å². The third-order valence-electron chi connectivity index (χ3n) is 2.57. The molecule has 1 heterocycles. The second-order valence-electron chi connectivity index (χ2n) is 3.81. The summed E-state index contributed by atoms with van der Waals surface area (Å²) in [6.07, 6.45) is 0. The first-order valence-corrected chi connectivity index (χ1v) is 7.05. The first-order valence-electron chi connectivity index (χ1n) is 5.46. The molecule has 0 spiro atoms. The third-order valence-corrected chi connectivity index (χ3v) is 3.64. The van der Waals surface area contributed by atoms with E-state index in [0.717, 1.165) is 4.90 Å². The number of ketones is 1. The maximum absolute atomic E-state index is 11.9. The minimum absolute atomic E-state index is 0.225. The summed E-state index contributed by atoms with van der Waals surface area (Å²) < 4.78 is 6.05. The molecule has 1 aromatic rings. The number of esters is 1. The number of halogens is 2. The second kappa shape index (κ2) is 5.42. The van der Waals surface area contributed by atoms with Gasteiger partial charge in [-0.25, -0.2) is 0 Å². The molecule has 100 valence electrons. The lowest BCUT2D eigenvalue weighted by atomic mass is 10.1. The highest BCUT2D eigenvalue weighted by Gasteiger charge is 2.38. The number of carbonyl (C=O) groups excluding carboxylic acids is 3. The second-order valence-corrected chi connectivity index (χ2v) is 5.58. The van der Waals surface area contributed by atoms with Crippen LogP contribution in [0.1, 0.15) is 17.3 Å². The molecule has 0 unspecified atom stereocenters. The maximum Gasteiger partial charge on any atom is 0.326 e. The molecule has 0 saturated carbocycles. The van der Waals surface area contributed by atoms with Crippen molar-refractivity contribution >= 4 is 55.2 Å². The molecular weight excluding hydrogens is 382 g/mol. The lowest BCUT2D eigenvalue weighted by Gasteiger charge is -2.16. The molecule has 1 aliphatic rings. The Bertz CT molecular complexity index is 585. The van der Waals surface area contributed by atoms with Crippen LogP contribution in [0.25, 0.3) is 0 Å². The number of carbonyl (C=O) groups is 3. The Morgan fingerprint density at radius 1 is 1.32 bits per heavy atom. The zero-order valence-corrected chi connectivity index (χ0v) is 13.1. The van der Waals surface area contributed by atoms with Crippen LogP contribution in [-0.2, 0) is 14.3 Å². The van der Waals surface area contributed by atoms with Gasteiger partial charge in [0.05, 0.1) is 17.9 Å². The zero-order chi connectivity index (χ0) is 14.2. The summed E-state index contributed by atoms with van der Waals surface area (Å²) in [6.45, 7) is 1.63. The monoisotopic (exact) mass is 389 g/mol. The Morgan fingerprint density at radius 3 is 2.63 bits per heavy atom. The number of ether oxygens (including phenoxy) is 1. The molecule has 0 atom stereocenters. The van der Waals surface area contributed by atoms with Crippen molar-refractivity contribution in [2.24, 2.45) is 0 Å². The van der Waals surface area contributed by atoms with E-state index in [-0.39, 0.29) is 18.7 Å². The van der Waals surface area contributed by atoms with E-state index in [2.05, 4.69) is 31.9 Å². The highest BCUT2D eigenvalue weighted by atomic mass is 79.9. The zero-order valence-electron chi connectivity index (χ0n) is 9.91. The van der Waals surface area contributed by atoms with Crippen LogP contribution in [0.4, 0.5) is 5.69 Å². The molecule has 0 fully saturated rings. The average Bonchev–Trinajstić information content (AvgIpc) is 2.55. The smallest absolute Gasteiger partial charge is 0.326 e. The number of rotatable bonds is 3. The summed E-state index contributed by atoms with van der Waals surface area (Å²) in [6, 6.07) is 3.27. The fourth-order valence-corrected chi connectivity index (χ4v) is 3.28. The summed E-state index contributed by atoms with van der Waals surface area (Å²) in [5.41, 5.74) is 0.682. The van der Waals surface area contributed by atoms with Gasteiger partial charge >= 0.3 is 5.97 Å². The first-order chi connectivity index (χ1) is 8.95. The molecule has 7 heteroatoms. The summed E-state index contributed by atoms with van der Waals surface area (Å²) in [7, 11) is 0. The summed E-state index contributed by atoms with van der Waals surface area (Å²) in [5.74, 6) is -1.89. The van der Waals surface area contributed by atoms with Crippen LogP contribution >= 0.6 is 31.9 Å². The van der Waals surface area contributed by atoms with Gasteiger partial charge in [-0.05, 0) is 35.0 Å². The summed E-state index contributed by atoms with van der Waals surface area (Å²) in [5, 5.41) is 0. The standard InChI is InChI=1S/C12H9Br2NO4/c1-2-19-9(16)5-15-10-7(11(17)12(15)18)3-6(13)4-8(10)14/h3-4H,2,5H2,1H3. The van der Waals surface area contributed by atoms with Gasteiger partial charge in [0, 0.05) is 8.95 Å². The molecule has 0 aromatic heterocycles. The number of benzene rings is 1. The molecule has 1 amide bonds. The van der Waals surface area contributed by atoms with Crippen molar-refractivity contribution in [1.82, 2.24) is 0 Å². The molecule has 19 heavy (non-hydrogen) atoms. The van der Waals surface area contributed by atoms with Gasteiger partial charge in [0.2, 0.25) is 0 Å². The predicted octanol–water partition coefficient (Wildman–Crippen LogP) is 2.30. The maximum atomic E-state index is 11.9. The molecule has 0 aliphatic carbocycles. The van der Waals surface area contributed by atoms with E-state index in [0.29, 0.717) is 14.6 Å². The number of fused-ring (bicyclic) bond motifs is 1. The molecule has 0 bridgehead atoms. The predicted molar refractivity (Wildman–Crippen MR) is 75.2 cm³/mol. The van der Waals surface area contributed by atoms with Crippen molar-refractivity contribution in [1.29, 1.82) is 0 Å². The molecular formula is C12H9Br2NO4. The lowest BCUT2D eigenvalue weighted by Crippen LogP contribution is -2.35. The van der Waals surface area contributed by atoms with Crippen molar-refractivity contribution in [3.05, 3.63) is 26.6 Å². The Balaban J connectivity index is 2.41. The minimum atomic E-state index is -0.721. The number of hydrogen-bond acceptors (Lipinski definition) is 4. The van der Waals surface area contributed by atoms with E-state index in [1.165, 1.54) is 0 Å². The highest BCUT2D eigenvalue weighted by molar-refractivity contribution is 9.11. The molecule has 0 radical (unpaired) electrons. The minimum Gasteiger partial charge on any atom is -0.465 e. The van der Waals surface area contributed by atoms with Crippen molar-refractivity contribution in [2.75, 3.05) is 18.1 Å². The van der Waals surface area contributed by atoms with E-state index < -0.39 is 17.7 Å².